The van der Waals surface area contributed by atoms with Crippen molar-refractivity contribution >= 4 is 11.9 Å². The van der Waals surface area contributed by atoms with Gasteiger partial charge in [-0.3, -0.25) is 4.79 Å². The topological polar surface area (TPSA) is 135 Å². The van der Waals surface area contributed by atoms with Gasteiger partial charge in [0.2, 0.25) is 0 Å². The zero-order valence-electron chi connectivity index (χ0n) is 21.2. The van der Waals surface area contributed by atoms with Crippen LogP contribution in [0, 0.1) is 12.8 Å². The molecular formula is C26H31N7O4. The van der Waals surface area contributed by atoms with Crippen LogP contribution in [-0.2, 0) is 11.3 Å². The van der Waals surface area contributed by atoms with Crippen molar-refractivity contribution in [1.29, 1.82) is 0 Å². The fraction of sp³-hybridized carbons (Fsp3) is 0.462. The number of tetrazole rings is 1. The van der Waals surface area contributed by atoms with Gasteiger partial charge in [-0.15, -0.1) is 5.10 Å². The number of aromatic nitrogens is 5. The van der Waals surface area contributed by atoms with E-state index in [9.17, 15) is 14.7 Å². The predicted molar refractivity (Wildman–Crippen MR) is 133 cm³/mol. The Bertz CT molecular complexity index is 1290. The average Bonchev–Trinajstić information content (AvgIpc) is 3.55. The van der Waals surface area contributed by atoms with E-state index >= 15 is 0 Å². The van der Waals surface area contributed by atoms with Gasteiger partial charge in [-0.25, -0.2) is 9.78 Å². The molecule has 0 saturated carbocycles. The third-order valence-corrected chi connectivity index (χ3v) is 7.55. The summed E-state index contributed by atoms with van der Waals surface area (Å²) >= 11 is 0. The monoisotopic (exact) mass is 505 g/mol. The first kappa shape index (κ1) is 25.0. The van der Waals surface area contributed by atoms with E-state index in [0.717, 1.165) is 42.6 Å². The number of ether oxygens (including phenoxy) is 1. The number of hydrogen-bond donors (Lipinski definition) is 2. The minimum Gasteiger partial charge on any atom is -0.457 e. The molecule has 2 aliphatic rings. The predicted octanol–water partition coefficient (Wildman–Crippen LogP) is 1.99. The number of cyclic esters (lactones) is 1. The normalized spacial score (nSPS) is 18.8. The van der Waals surface area contributed by atoms with E-state index in [-0.39, 0.29) is 24.4 Å². The minimum atomic E-state index is -0.678. The third-order valence-electron chi connectivity index (χ3n) is 7.55. The molecule has 4 heterocycles. The highest BCUT2D eigenvalue weighted by atomic mass is 16.5. The largest absolute Gasteiger partial charge is 0.457 e. The summed E-state index contributed by atoms with van der Waals surface area (Å²) in [4.78, 5) is 31.4. The van der Waals surface area contributed by atoms with Crippen LogP contribution in [0.2, 0.25) is 0 Å². The summed E-state index contributed by atoms with van der Waals surface area (Å²) in [5.41, 5.74) is 3.19. The highest BCUT2D eigenvalue weighted by Gasteiger charge is 2.35. The molecule has 37 heavy (non-hydrogen) atoms. The van der Waals surface area contributed by atoms with Crippen molar-refractivity contribution in [2.24, 2.45) is 5.92 Å². The first-order valence-electron chi connectivity index (χ1n) is 12.4. The van der Waals surface area contributed by atoms with Crippen molar-refractivity contribution in [3.05, 3.63) is 64.6 Å². The van der Waals surface area contributed by atoms with Crippen LogP contribution < -0.4 is 5.32 Å². The van der Waals surface area contributed by atoms with E-state index < -0.39 is 11.6 Å². The molecule has 0 aliphatic carbocycles. The van der Waals surface area contributed by atoms with Crippen LogP contribution in [0.1, 0.15) is 70.2 Å². The molecular weight excluding hydrogens is 474 g/mol. The van der Waals surface area contributed by atoms with Gasteiger partial charge in [0.05, 0.1) is 17.2 Å². The SMILES string of the molecule is Cc1c(C(O)CN2CCCC(C(C)(C)NC(=O)c3ccc(-n4cnnn4)nc3)C2)ccc2c1COC2=O. The Hall–Kier alpha value is -3.70. The Labute approximate surface area is 214 Å². The van der Waals surface area contributed by atoms with Gasteiger partial charge in [0, 0.05) is 30.4 Å². The van der Waals surface area contributed by atoms with E-state index in [2.05, 4.69) is 30.7 Å². The number of carbonyl (C=O) groups excluding carboxylic acids is 2. The van der Waals surface area contributed by atoms with Crippen LogP contribution >= 0.6 is 0 Å². The van der Waals surface area contributed by atoms with E-state index in [1.807, 2.05) is 26.8 Å². The highest BCUT2D eigenvalue weighted by molar-refractivity contribution is 5.94. The number of likely N-dealkylation sites (tertiary alicyclic amines) is 1. The van der Waals surface area contributed by atoms with E-state index in [1.54, 1.807) is 18.2 Å². The Morgan fingerprint density at radius 3 is 2.86 bits per heavy atom. The summed E-state index contributed by atoms with van der Waals surface area (Å²) in [5, 5.41) is 25.2. The molecule has 0 bridgehead atoms. The number of nitrogens with one attached hydrogen (secondary N) is 1. The van der Waals surface area contributed by atoms with Crippen LogP contribution in [-0.4, -0.2) is 72.2 Å². The molecule has 1 fully saturated rings. The Kier molecular flexibility index (Phi) is 6.74. The molecule has 11 nitrogen and oxygen atoms in total. The first-order chi connectivity index (χ1) is 17.7. The number of hydrogen-bond acceptors (Lipinski definition) is 9. The van der Waals surface area contributed by atoms with Crippen molar-refractivity contribution in [2.45, 2.75) is 51.9 Å². The smallest absolute Gasteiger partial charge is 0.338 e. The van der Waals surface area contributed by atoms with Gasteiger partial charge in [-0.05, 0) is 85.8 Å². The van der Waals surface area contributed by atoms with Gasteiger partial charge in [-0.1, -0.05) is 6.07 Å². The zero-order valence-corrected chi connectivity index (χ0v) is 21.2. The lowest BCUT2D eigenvalue weighted by atomic mass is 9.81. The van der Waals surface area contributed by atoms with Crippen molar-refractivity contribution in [3.63, 3.8) is 0 Å². The number of fused-ring (bicyclic) bond motifs is 1. The van der Waals surface area contributed by atoms with Crippen LogP contribution in [0.3, 0.4) is 0 Å². The maximum absolute atomic E-state index is 13.0. The second-order valence-electron chi connectivity index (χ2n) is 10.3. The molecule has 11 heteroatoms. The second-order valence-corrected chi connectivity index (χ2v) is 10.3. The van der Waals surface area contributed by atoms with Crippen molar-refractivity contribution in [3.8, 4) is 5.82 Å². The number of aliphatic hydroxyl groups excluding tert-OH is 1. The number of β-amino-alcohol motifs (C(OH)–C–C–N with tert-alkyl or cyclic N) is 1. The Balaban J connectivity index is 1.21. The van der Waals surface area contributed by atoms with Gasteiger partial charge in [-0.2, -0.15) is 4.68 Å². The summed E-state index contributed by atoms with van der Waals surface area (Å²) in [6.45, 7) is 8.40. The summed E-state index contributed by atoms with van der Waals surface area (Å²) in [6, 6.07) is 6.98. The van der Waals surface area contributed by atoms with E-state index in [4.69, 9.17) is 4.74 Å². The second kappa shape index (κ2) is 9.98. The lowest BCUT2D eigenvalue weighted by Crippen LogP contribution is -2.54. The standard InChI is InChI=1S/C26H31N7O4/c1-16-19(7-8-20-21(16)14-37-25(20)36)22(34)13-32-10-4-5-18(12-32)26(2,3)29-24(35)17-6-9-23(27-11-17)33-15-28-30-31-33/h6-9,11,15,18,22,34H,4-5,10,12-14H2,1-3H3,(H,29,35). The maximum atomic E-state index is 13.0. The van der Waals surface area contributed by atoms with Gasteiger partial charge in [0.25, 0.3) is 5.91 Å². The van der Waals surface area contributed by atoms with Crippen molar-refractivity contribution in [2.75, 3.05) is 19.6 Å². The molecule has 1 aromatic carbocycles. The van der Waals surface area contributed by atoms with Crippen LogP contribution in [0.25, 0.3) is 5.82 Å². The fourth-order valence-corrected chi connectivity index (χ4v) is 5.27. The summed E-state index contributed by atoms with van der Waals surface area (Å²) in [5.74, 6) is 0.239. The summed E-state index contributed by atoms with van der Waals surface area (Å²) < 4.78 is 6.57. The van der Waals surface area contributed by atoms with Gasteiger partial charge in [0.1, 0.15) is 12.9 Å². The minimum absolute atomic E-state index is 0.191. The summed E-state index contributed by atoms with van der Waals surface area (Å²) in [6.07, 6.45) is 4.24. The molecule has 0 radical (unpaired) electrons. The van der Waals surface area contributed by atoms with Crippen LogP contribution in [0.15, 0.2) is 36.8 Å². The number of carbonyl (C=O) groups is 2. The van der Waals surface area contributed by atoms with Gasteiger partial charge in [0.15, 0.2) is 5.82 Å². The molecule has 2 N–H and O–H groups in total. The Morgan fingerprint density at radius 1 is 1.30 bits per heavy atom. The molecule has 2 aliphatic heterocycles. The average molecular weight is 506 g/mol. The van der Waals surface area contributed by atoms with Crippen molar-refractivity contribution < 1.29 is 19.4 Å². The van der Waals surface area contributed by atoms with Crippen LogP contribution in [0.4, 0.5) is 0 Å². The van der Waals surface area contributed by atoms with E-state index in [1.165, 1.54) is 17.2 Å². The number of nitrogens with zero attached hydrogens (tertiary/aromatic N) is 6. The molecule has 3 aromatic rings. The quantitative estimate of drug-likeness (QED) is 0.462. The molecule has 194 valence electrons. The Morgan fingerprint density at radius 2 is 2.14 bits per heavy atom. The molecule has 1 saturated heterocycles. The fourth-order valence-electron chi connectivity index (χ4n) is 5.27. The van der Waals surface area contributed by atoms with Gasteiger partial charge >= 0.3 is 5.97 Å². The summed E-state index contributed by atoms with van der Waals surface area (Å²) in [7, 11) is 0. The number of aliphatic hydroxyl groups is 1. The van der Waals surface area contributed by atoms with Crippen LogP contribution in [0.5, 0.6) is 0 Å². The van der Waals surface area contributed by atoms with Crippen molar-refractivity contribution in [1.82, 2.24) is 35.4 Å². The number of rotatable bonds is 7. The first-order valence-corrected chi connectivity index (χ1v) is 12.4. The molecule has 2 atom stereocenters. The zero-order chi connectivity index (χ0) is 26.2. The molecule has 2 unspecified atom stereocenters. The molecule has 1 amide bonds. The number of piperidine rings is 1. The number of amides is 1. The number of pyridine rings is 1. The third kappa shape index (κ3) is 5.09. The van der Waals surface area contributed by atoms with Gasteiger partial charge < -0.3 is 20.1 Å². The molecule has 0 spiro atoms. The maximum Gasteiger partial charge on any atom is 0.338 e. The number of esters is 1. The molecule has 5 rings (SSSR count). The lowest BCUT2D eigenvalue weighted by molar-refractivity contribution is 0.0533. The highest BCUT2D eigenvalue weighted by Crippen LogP contribution is 2.32. The van der Waals surface area contributed by atoms with E-state index in [0.29, 0.717) is 23.5 Å². The molecule has 2 aromatic heterocycles. The lowest BCUT2D eigenvalue weighted by Gasteiger charge is -2.42. The number of benzene rings is 1.